The minimum absolute atomic E-state index is 0.0893. The molecule has 0 aromatic carbocycles. The number of carbonyl (C=O) groups excluding carboxylic acids is 1. The Kier molecular flexibility index (Phi) is 3.24. The molecular formula is C11H18N4O. The number of nitrogens with one attached hydrogen (secondary N) is 2. The molecule has 1 aromatic heterocycles. The monoisotopic (exact) mass is 222 g/mol. The Morgan fingerprint density at radius 1 is 1.69 bits per heavy atom. The van der Waals surface area contributed by atoms with Crippen molar-refractivity contribution in [3.05, 3.63) is 18.0 Å². The Balaban J connectivity index is 1.73. The first-order valence-corrected chi connectivity index (χ1v) is 5.66. The van der Waals surface area contributed by atoms with Crippen LogP contribution in [0.5, 0.6) is 0 Å². The molecule has 1 aliphatic rings. The van der Waals surface area contributed by atoms with Crippen molar-refractivity contribution < 1.29 is 4.79 Å². The van der Waals surface area contributed by atoms with Gasteiger partial charge in [-0.3, -0.25) is 9.48 Å². The highest BCUT2D eigenvalue weighted by Crippen LogP contribution is 2.18. The van der Waals surface area contributed by atoms with Crippen molar-refractivity contribution >= 4 is 5.91 Å². The molecule has 0 radical (unpaired) electrons. The number of hydrogen-bond donors (Lipinski definition) is 2. The lowest BCUT2D eigenvalue weighted by molar-refractivity contribution is -0.122. The van der Waals surface area contributed by atoms with E-state index >= 15 is 0 Å². The molecule has 1 atom stereocenters. The zero-order chi connectivity index (χ0) is 11.5. The van der Waals surface area contributed by atoms with E-state index in [0.29, 0.717) is 12.6 Å². The molecule has 5 heteroatoms. The molecule has 2 rings (SSSR count). The fourth-order valence-corrected chi connectivity index (χ4v) is 1.48. The standard InChI is InChI=1S/C11H18N4O/c1-8(11(16)14-10-3-4-10)12-5-9-6-13-15(2)7-9/h6-8,10,12H,3-5H2,1-2H3,(H,14,16). The van der Waals surface area contributed by atoms with E-state index in [1.165, 1.54) is 0 Å². The molecule has 5 nitrogen and oxygen atoms in total. The Bertz CT molecular complexity index is 370. The van der Waals surface area contributed by atoms with Crippen LogP contribution in [0, 0.1) is 0 Å². The lowest BCUT2D eigenvalue weighted by Crippen LogP contribution is -2.42. The first kappa shape index (κ1) is 11.1. The van der Waals surface area contributed by atoms with Crippen LogP contribution in [0.3, 0.4) is 0 Å². The zero-order valence-electron chi connectivity index (χ0n) is 9.73. The van der Waals surface area contributed by atoms with Crippen LogP contribution in [0.1, 0.15) is 25.3 Å². The maximum absolute atomic E-state index is 11.6. The third kappa shape index (κ3) is 3.06. The molecular weight excluding hydrogens is 204 g/mol. The number of aryl methyl sites for hydroxylation is 1. The molecule has 1 aliphatic carbocycles. The molecule has 0 aliphatic heterocycles. The van der Waals surface area contributed by atoms with E-state index in [0.717, 1.165) is 18.4 Å². The average Bonchev–Trinajstić information content (AvgIpc) is 2.96. The van der Waals surface area contributed by atoms with E-state index in [4.69, 9.17) is 0 Å². The molecule has 1 fully saturated rings. The van der Waals surface area contributed by atoms with Gasteiger partial charge in [-0.05, 0) is 19.8 Å². The summed E-state index contributed by atoms with van der Waals surface area (Å²) >= 11 is 0. The van der Waals surface area contributed by atoms with Gasteiger partial charge in [0.2, 0.25) is 5.91 Å². The number of amides is 1. The van der Waals surface area contributed by atoms with Crippen molar-refractivity contribution in [3.63, 3.8) is 0 Å². The van der Waals surface area contributed by atoms with Gasteiger partial charge in [-0.25, -0.2) is 0 Å². The predicted molar refractivity (Wildman–Crippen MR) is 60.7 cm³/mol. The summed E-state index contributed by atoms with van der Waals surface area (Å²) in [5.74, 6) is 0.0893. The van der Waals surface area contributed by atoms with E-state index in [2.05, 4.69) is 15.7 Å². The van der Waals surface area contributed by atoms with Gasteiger partial charge < -0.3 is 10.6 Å². The molecule has 0 bridgehead atoms. The number of aromatic nitrogens is 2. The van der Waals surface area contributed by atoms with Crippen molar-refractivity contribution in [1.82, 2.24) is 20.4 Å². The summed E-state index contributed by atoms with van der Waals surface area (Å²) < 4.78 is 1.76. The van der Waals surface area contributed by atoms with Crippen LogP contribution in [0.2, 0.25) is 0 Å². The molecule has 88 valence electrons. The molecule has 2 N–H and O–H groups in total. The maximum atomic E-state index is 11.6. The molecule has 0 spiro atoms. The van der Waals surface area contributed by atoms with Gasteiger partial charge in [0.1, 0.15) is 0 Å². The van der Waals surface area contributed by atoms with Crippen molar-refractivity contribution in [3.8, 4) is 0 Å². The largest absolute Gasteiger partial charge is 0.352 e. The second kappa shape index (κ2) is 4.65. The van der Waals surface area contributed by atoms with Crippen LogP contribution in [-0.2, 0) is 18.4 Å². The maximum Gasteiger partial charge on any atom is 0.237 e. The summed E-state index contributed by atoms with van der Waals surface area (Å²) in [5.41, 5.74) is 1.09. The third-order valence-electron chi connectivity index (χ3n) is 2.69. The van der Waals surface area contributed by atoms with Crippen LogP contribution < -0.4 is 10.6 Å². The van der Waals surface area contributed by atoms with Gasteiger partial charge in [0, 0.05) is 31.4 Å². The topological polar surface area (TPSA) is 59.0 Å². The molecule has 1 saturated carbocycles. The number of nitrogens with zero attached hydrogens (tertiary/aromatic N) is 2. The van der Waals surface area contributed by atoms with Crippen LogP contribution >= 0.6 is 0 Å². The molecule has 1 unspecified atom stereocenters. The molecule has 1 amide bonds. The fraction of sp³-hybridized carbons (Fsp3) is 0.636. The van der Waals surface area contributed by atoms with E-state index in [9.17, 15) is 4.79 Å². The average molecular weight is 222 g/mol. The van der Waals surface area contributed by atoms with Crippen LogP contribution in [0.25, 0.3) is 0 Å². The van der Waals surface area contributed by atoms with Gasteiger partial charge in [0.05, 0.1) is 12.2 Å². The van der Waals surface area contributed by atoms with Gasteiger partial charge in [-0.15, -0.1) is 0 Å². The van der Waals surface area contributed by atoms with Crippen molar-refractivity contribution in [2.24, 2.45) is 7.05 Å². The molecule has 1 aromatic rings. The summed E-state index contributed by atoms with van der Waals surface area (Å²) in [6.45, 7) is 2.56. The van der Waals surface area contributed by atoms with Gasteiger partial charge in [0.25, 0.3) is 0 Å². The highest BCUT2D eigenvalue weighted by Gasteiger charge is 2.25. The second-order valence-corrected chi connectivity index (χ2v) is 4.41. The van der Waals surface area contributed by atoms with E-state index < -0.39 is 0 Å². The van der Waals surface area contributed by atoms with E-state index in [1.54, 1.807) is 10.9 Å². The Morgan fingerprint density at radius 3 is 3.00 bits per heavy atom. The highest BCUT2D eigenvalue weighted by atomic mass is 16.2. The summed E-state index contributed by atoms with van der Waals surface area (Å²) in [6.07, 6.45) is 6.00. The SMILES string of the molecule is CC(NCc1cnn(C)c1)C(=O)NC1CC1. The molecule has 0 saturated heterocycles. The smallest absolute Gasteiger partial charge is 0.237 e. The predicted octanol–water partition coefficient (Wildman–Crippen LogP) is 0.177. The number of carbonyl (C=O) groups is 1. The van der Waals surface area contributed by atoms with Gasteiger partial charge in [-0.2, -0.15) is 5.10 Å². The van der Waals surface area contributed by atoms with Crippen LogP contribution in [-0.4, -0.2) is 27.8 Å². The highest BCUT2D eigenvalue weighted by molar-refractivity contribution is 5.81. The van der Waals surface area contributed by atoms with E-state index in [1.807, 2.05) is 20.2 Å². The van der Waals surface area contributed by atoms with Gasteiger partial charge >= 0.3 is 0 Å². The lowest BCUT2D eigenvalue weighted by atomic mass is 10.3. The van der Waals surface area contributed by atoms with Crippen molar-refractivity contribution in [2.75, 3.05) is 0 Å². The molecule has 16 heavy (non-hydrogen) atoms. The number of rotatable bonds is 5. The minimum atomic E-state index is -0.152. The zero-order valence-corrected chi connectivity index (χ0v) is 9.73. The summed E-state index contributed by atoms with van der Waals surface area (Å²) in [4.78, 5) is 11.6. The molecule has 1 heterocycles. The van der Waals surface area contributed by atoms with Crippen molar-refractivity contribution in [1.29, 1.82) is 0 Å². The number of hydrogen-bond acceptors (Lipinski definition) is 3. The minimum Gasteiger partial charge on any atom is -0.352 e. The first-order valence-electron chi connectivity index (χ1n) is 5.66. The van der Waals surface area contributed by atoms with Crippen LogP contribution in [0.4, 0.5) is 0 Å². The van der Waals surface area contributed by atoms with Gasteiger partial charge in [0.15, 0.2) is 0 Å². The Labute approximate surface area is 95.2 Å². The summed E-state index contributed by atoms with van der Waals surface area (Å²) in [7, 11) is 1.88. The summed E-state index contributed by atoms with van der Waals surface area (Å²) in [6, 6.07) is 0.274. The fourth-order valence-electron chi connectivity index (χ4n) is 1.48. The Hall–Kier alpha value is -1.36. The Morgan fingerprint density at radius 2 is 2.44 bits per heavy atom. The quantitative estimate of drug-likeness (QED) is 0.747. The van der Waals surface area contributed by atoms with Crippen molar-refractivity contribution in [2.45, 2.75) is 38.4 Å². The first-order chi connectivity index (χ1) is 7.65. The second-order valence-electron chi connectivity index (χ2n) is 4.41. The van der Waals surface area contributed by atoms with E-state index in [-0.39, 0.29) is 11.9 Å². The normalized spacial score (nSPS) is 17.1. The van der Waals surface area contributed by atoms with Crippen LogP contribution in [0.15, 0.2) is 12.4 Å². The lowest BCUT2D eigenvalue weighted by Gasteiger charge is -2.12. The summed E-state index contributed by atoms with van der Waals surface area (Å²) in [5, 5.41) is 10.2. The van der Waals surface area contributed by atoms with Gasteiger partial charge in [-0.1, -0.05) is 0 Å². The third-order valence-corrected chi connectivity index (χ3v) is 2.69.